The van der Waals surface area contributed by atoms with Gasteiger partial charge in [0, 0.05) is 12.7 Å². The van der Waals surface area contributed by atoms with Gasteiger partial charge in [-0.15, -0.1) is 0 Å². The van der Waals surface area contributed by atoms with Crippen LogP contribution in [0.4, 0.5) is 8.78 Å². The molecule has 0 saturated carbocycles. The Kier molecular flexibility index (Phi) is 4.17. The standard InChI is InChI=1S/C11H15F2NO/c1-7-4-5-8(12)10(11(7)13)9(14-2)6-15-3/h4-5,9,14H,6H2,1-3H3. The maximum atomic E-state index is 13.7. The Morgan fingerprint density at radius 1 is 1.40 bits per heavy atom. The summed E-state index contributed by atoms with van der Waals surface area (Å²) in [6.07, 6.45) is 0. The van der Waals surface area contributed by atoms with Crippen molar-refractivity contribution in [3.63, 3.8) is 0 Å². The molecule has 1 aromatic rings. The third-order valence-corrected chi connectivity index (χ3v) is 2.35. The van der Waals surface area contributed by atoms with Crippen molar-refractivity contribution < 1.29 is 13.5 Å². The van der Waals surface area contributed by atoms with Gasteiger partial charge in [-0.3, -0.25) is 0 Å². The molecule has 0 aliphatic heterocycles. The fraction of sp³-hybridized carbons (Fsp3) is 0.455. The van der Waals surface area contributed by atoms with Crippen LogP contribution in [0.25, 0.3) is 0 Å². The molecule has 0 fully saturated rings. The van der Waals surface area contributed by atoms with Crippen molar-refractivity contribution in [3.05, 3.63) is 34.9 Å². The highest BCUT2D eigenvalue weighted by Crippen LogP contribution is 2.23. The maximum Gasteiger partial charge on any atom is 0.133 e. The number of benzene rings is 1. The Balaban J connectivity index is 3.15. The number of hydrogen-bond donors (Lipinski definition) is 1. The number of nitrogens with one attached hydrogen (secondary N) is 1. The molecule has 0 aliphatic rings. The molecular weight excluding hydrogens is 200 g/mol. The Bertz CT molecular complexity index is 342. The number of aryl methyl sites for hydroxylation is 1. The van der Waals surface area contributed by atoms with E-state index in [1.165, 1.54) is 19.2 Å². The fourth-order valence-corrected chi connectivity index (χ4v) is 1.48. The van der Waals surface area contributed by atoms with E-state index in [0.717, 1.165) is 0 Å². The van der Waals surface area contributed by atoms with Gasteiger partial charge in [-0.1, -0.05) is 6.07 Å². The zero-order valence-electron chi connectivity index (χ0n) is 9.10. The van der Waals surface area contributed by atoms with E-state index in [4.69, 9.17) is 4.74 Å². The van der Waals surface area contributed by atoms with Gasteiger partial charge in [0.2, 0.25) is 0 Å². The van der Waals surface area contributed by atoms with E-state index < -0.39 is 17.7 Å². The summed E-state index contributed by atoms with van der Waals surface area (Å²) >= 11 is 0. The second kappa shape index (κ2) is 5.19. The van der Waals surface area contributed by atoms with Gasteiger partial charge in [0.05, 0.1) is 12.6 Å². The molecule has 84 valence electrons. The Labute approximate surface area is 88.3 Å². The lowest BCUT2D eigenvalue weighted by Gasteiger charge is -2.17. The van der Waals surface area contributed by atoms with Crippen LogP contribution in [-0.2, 0) is 4.74 Å². The van der Waals surface area contributed by atoms with Crippen LogP contribution >= 0.6 is 0 Å². The number of halogens is 2. The van der Waals surface area contributed by atoms with Crippen molar-refractivity contribution in [2.75, 3.05) is 20.8 Å². The average Bonchev–Trinajstić information content (AvgIpc) is 2.22. The highest BCUT2D eigenvalue weighted by Gasteiger charge is 2.19. The van der Waals surface area contributed by atoms with Crippen LogP contribution in [0.15, 0.2) is 12.1 Å². The first kappa shape index (κ1) is 12.1. The van der Waals surface area contributed by atoms with Crippen molar-refractivity contribution in [1.82, 2.24) is 5.32 Å². The molecule has 15 heavy (non-hydrogen) atoms. The molecule has 0 spiro atoms. The summed E-state index contributed by atoms with van der Waals surface area (Å²) in [6.45, 7) is 1.84. The average molecular weight is 215 g/mol. The molecule has 0 saturated heterocycles. The monoisotopic (exact) mass is 215 g/mol. The van der Waals surface area contributed by atoms with Gasteiger partial charge < -0.3 is 10.1 Å². The lowest BCUT2D eigenvalue weighted by atomic mass is 10.0. The summed E-state index contributed by atoms with van der Waals surface area (Å²) in [4.78, 5) is 0. The normalized spacial score (nSPS) is 12.9. The molecule has 0 bridgehead atoms. The first-order chi connectivity index (χ1) is 7.11. The minimum atomic E-state index is -0.547. The van der Waals surface area contributed by atoms with Crippen molar-refractivity contribution in [2.45, 2.75) is 13.0 Å². The van der Waals surface area contributed by atoms with E-state index >= 15 is 0 Å². The molecule has 2 nitrogen and oxygen atoms in total. The van der Waals surface area contributed by atoms with Crippen molar-refractivity contribution in [1.29, 1.82) is 0 Å². The van der Waals surface area contributed by atoms with Gasteiger partial charge in [-0.2, -0.15) is 0 Å². The number of ether oxygens (including phenoxy) is 1. The topological polar surface area (TPSA) is 21.3 Å². The van der Waals surface area contributed by atoms with E-state index in [-0.39, 0.29) is 12.2 Å². The zero-order valence-corrected chi connectivity index (χ0v) is 9.10. The van der Waals surface area contributed by atoms with Gasteiger partial charge in [-0.25, -0.2) is 8.78 Å². The summed E-state index contributed by atoms with van der Waals surface area (Å²) in [5, 5.41) is 2.82. The fourth-order valence-electron chi connectivity index (χ4n) is 1.48. The summed E-state index contributed by atoms with van der Waals surface area (Å²) in [7, 11) is 3.14. The van der Waals surface area contributed by atoms with Crippen molar-refractivity contribution in [3.8, 4) is 0 Å². The Hall–Kier alpha value is -1.00. The molecule has 0 heterocycles. The van der Waals surface area contributed by atoms with Gasteiger partial charge in [0.15, 0.2) is 0 Å². The molecule has 1 rings (SSSR count). The summed E-state index contributed by atoms with van der Waals surface area (Å²) in [6, 6.07) is 2.23. The van der Waals surface area contributed by atoms with E-state index in [1.54, 1.807) is 14.0 Å². The molecule has 1 atom stereocenters. The molecule has 4 heteroatoms. The first-order valence-electron chi connectivity index (χ1n) is 4.72. The third-order valence-electron chi connectivity index (χ3n) is 2.35. The van der Waals surface area contributed by atoms with E-state index in [1.807, 2.05) is 0 Å². The van der Waals surface area contributed by atoms with Gasteiger partial charge in [-0.05, 0) is 25.6 Å². The van der Waals surface area contributed by atoms with E-state index in [9.17, 15) is 8.78 Å². The molecule has 0 amide bonds. The lowest BCUT2D eigenvalue weighted by molar-refractivity contribution is 0.167. The van der Waals surface area contributed by atoms with Crippen molar-refractivity contribution >= 4 is 0 Å². The molecule has 0 radical (unpaired) electrons. The highest BCUT2D eigenvalue weighted by atomic mass is 19.1. The molecule has 0 aliphatic carbocycles. The summed E-state index contributed by atoms with van der Waals surface area (Å²) in [5.74, 6) is -1.05. The van der Waals surface area contributed by atoms with Gasteiger partial charge >= 0.3 is 0 Å². The van der Waals surface area contributed by atoms with Crippen LogP contribution in [0.2, 0.25) is 0 Å². The van der Waals surface area contributed by atoms with Crippen molar-refractivity contribution in [2.24, 2.45) is 0 Å². The third kappa shape index (κ3) is 2.52. The predicted octanol–water partition coefficient (Wildman–Crippen LogP) is 2.18. The first-order valence-corrected chi connectivity index (χ1v) is 4.72. The second-order valence-corrected chi connectivity index (χ2v) is 3.39. The number of rotatable bonds is 4. The Morgan fingerprint density at radius 3 is 2.60 bits per heavy atom. The SMILES string of the molecule is CNC(COC)c1c(F)ccc(C)c1F. The molecule has 1 aromatic carbocycles. The minimum Gasteiger partial charge on any atom is -0.383 e. The molecule has 1 unspecified atom stereocenters. The predicted molar refractivity (Wildman–Crippen MR) is 54.8 cm³/mol. The quantitative estimate of drug-likeness (QED) is 0.831. The largest absolute Gasteiger partial charge is 0.383 e. The molecular formula is C11H15F2NO. The second-order valence-electron chi connectivity index (χ2n) is 3.39. The molecule has 1 N–H and O–H groups in total. The van der Waals surface area contributed by atoms with Gasteiger partial charge in [0.25, 0.3) is 0 Å². The van der Waals surface area contributed by atoms with Crippen LogP contribution in [0, 0.1) is 18.6 Å². The summed E-state index contributed by atoms with van der Waals surface area (Å²) in [5.41, 5.74) is 0.474. The number of likely N-dealkylation sites (N-methyl/N-ethyl adjacent to an activating group) is 1. The smallest absolute Gasteiger partial charge is 0.133 e. The minimum absolute atomic E-state index is 0.0411. The van der Waals surface area contributed by atoms with Crippen LogP contribution in [0.3, 0.4) is 0 Å². The van der Waals surface area contributed by atoms with Crippen LogP contribution in [0.5, 0.6) is 0 Å². The van der Waals surface area contributed by atoms with Crippen LogP contribution in [-0.4, -0.2) is 20.8 Å². The zero-order chi connectivity index (χ0) is 11.4. The van der Waals surface area contributed by atoms with E-state index in [0.29, 0.717) is 5.56 Å². The Morgan fingerprint density at radius 2 is 2.07 bits per heavy atom. The van der Waals surface area contributed by atoms with Crippen LogP contribution < -0.4 is 5.32 Å². The number of hydrogen-bond acceptors (Lipinski definition) is 2. The highest BCUT2D eigenvalue weighted by molar-refractivity contribution is 5.29. The maximum absolute atomic E-state index is 13.7. The number of methoxy groups -OCH3 is 1. The lowest BCUT2D eigenvalue weighted by Crippen LogP contribution is -2.23. The summed E-state index contributed by atoms with van der Waals surface area (Å²) < 4.78 is 32.0. The molecule has 0 aromatic heterocycles. The van der Waals surface area contributed by atoms with Gasteiger partial charge in [0.1, 0.15) is 11.6 Å². The van der Waals surface area contributed by atoms with Crippen LogP contribution in [0.1, 0.15) is 17.2 Å². The van der Waals surface area contributed by atoms with E-state index in [2.05, 4.69) is 5.32 Å².